The lowest BCUT2D eigenvalue weighted by atomic mass is 10.2. The molecule has 0 aliphatic rings. The van der Waals surface area contributed by atoms with Gasteiger partial charge in [0.1, 0.15) is 0 Å². The Morgan fingerprint density at radius 1 is 1.06 bits per heavy atom. The van der Waals surface area contributed by atoms with Gasteiger partial charge in [0, 0.05) is 25.4 Å². The van der Waals surface area contributed by atoms with Gasteiger partial charge in [-0.15, -0.1) is 0 Å². The highest BCUT2D eigenvalue weighted by Crippen LogP contribution is 2.17. The molecule has 0 radical (unpaired) electrons. The van der Waals surface area contributed by atoms with Crippen molar-refractivity contribution in [3.8, 4) is 0 Å². The Morgan fingerprint density at radius 2 is 1.50 bits per heavy atom. The molecular weight excluding hydrogens is 250 g/mol. The molecule has 0 aromatic heterocycles. The molecule has 0 aliphatic heterocycles. The smallest absolute Gasteiger partial charge is 0.371 e. The molecule has 0 bridgehead atoms. The fourth-order valence-electron chi connectivity index (χ4n) is 1.60. The molecule has 5 nitrogen and oxygen atoms in total. The summed E-state index contributed by atoms with van der Waals surface area (Å²) in [6.07, 6.45) is 1.45. The van der Waals surface area contributed by atoms with Gasteiger partial charge < -0.3 is 19.0 Å². The second kappa shape index (κ2) is 9.27. The van der Waals surface area contributed by atoms with Crippen LogP contribution in [-0.2, 0) is 18.1 Å². The van der Waals surface area contributed by atoms with Gasteiger partial charge in [-0.2, -0.15) is 0 Å². The molecule has 2 N–H and O–H groups in total. The topological polar surface area (TPSA) is 70.8 Å². The standard InChI is InChI=1S/C12H25NO4Si/c1-5-9-11(12(13)14)10-18(15-6-2,16-7-3)17-8-4/h10H,5-9H2,1-4H3,(H2,13,14). The van der Waals surface area contributed by atoms with Gasteiger partial charge in [-0.25, -0.2) is 0 Å². The quantitative estimate of drug-likeness (QED) is 0.487. The van der Waals surface area contributed by atoms with Gasteiger partial charge in [-0.1, -0.05) is 13.3 Å². The Bertz CT molecular complexity index is 264. The van der Waals surface area contributed by atoms with Gasteiger partial charge >= 0.3 is 8.80 Å². The largest absolute Gasteiger partial charge is 0.530 e. The van der Waals surface area contributed by atoms with Gasteiger partial charge in [-0.3, -0.25) is 4.79 Å². The van der Waals surface area contributed by atoms with Crippen LogP contribution in [0.1, 0.15) is 40.5 Å². The highest BCUT2D eigenvalue weighted by molar-refractivity contribution is 6.66. The fourth-order valence-corrected chi connectivity index (χ4v) is 4.02. The molecule has 0 heterocycles. The number of rotatable bonds is 10. The first-order valence-electron chi connectivity index (χ1n) is 6.48. The van der Waals surface area contributed by atoms with Crippen LogP contribution >= 0.6 is 0 Å². The summed E-state index contributed by atoms with van der Waals surface area (Å²) in [5.41, 5.74) is 7.58. The van der Waals surface area contributed by atoms with E-state index in [9.17, 15) is 4.79 Å². The minimum absolute atomic E-state index is 0.437. The molecule has 0 spiro atoms. The van der Waals surface area contributed by atoms with E-state index in [1.165, 1.54) is 0 Å². The van der Waals surface area contributed by atoms with Crippen molar-refractivity contribution in [3.63, 3.8) is 0 Å². The summed E-state index contributed by atoms with van der Waals surface area (Å²) in [7, 11) is -2.92. The van der Waals surface area contributed by atoms with Crippen LogP contribution in [0.4, 0.5) is 0 Å². The van der Waals surface area contributed by atoms with E-state index in [1.807, 2.05) is 27.7 Å². The summed E-state index contributed by atoms with van der Waals surface area (Å²) in [6.45, 7) is 9.02. The van der Waals surface area contributed by atoms with Crippen LogP contribution in [-0.4, -0.2) is 34.5 Å². The normalized spacial score (nSPS) is 12.8. The molecule has 0 atom stereocenters. The number of carbonyl (C=O) groups is 1. The van der Waals surface area contributed by atoms with Crippen LogP contribution in [0.25, 0.3) is 0 Å². The van der Waals surface area contributed by atoms with Crippen molar-refractivity contribution in [3.05, 3.63) is 11.3 Å². The van der Waals surface area contributed by atoms with Crippen molar-refractivity contribution in [1.82, 2.24) is 0 Å². The molecule has 0 saturated heterocycles. The van der Waals surface area contributed by atoms with Crippen molar-refractivity contribution in [2.24, 2.45) is 5.73 Å². The molecule has 0 saturated carbocycles. The van der Waals surface area contributed by atoms with Crippen molar-refractivity contribution < 1.29 is 18.1 Å². The van der Waals surface area contributed by atoms with E-state index < -0.39 is 14.7 Å². The molecule has 18 heavy (non-hydrogen) atoms. The first-order valence-corrected chi connectivity index (χ1v) is 8.28. The average Bonchev–Trinajstić information content (AvgIpc) is 2.29. The van der Waals surface area contributed by atoms with Gasteiger partial charge in [0.15, 0.2) is 0 Å². The predicted octanol–water partition coefficient (Wildman–Crippen LogP) is 1.79. The van der Waals surface area contributed by atoms with Crippen LogP contribution in [0.3, 0.4) is 0 Å². The maximum absolute atomic E-state index is 11.4. The van der Waals surface area contributed by atoms with E-state index in [-0.39, 0.29) is 0 Å². The zero-order valence-electron chi connectivity index (χ0n) is 11.8. The summed E-state index contributed by atoms with van der Waals surface area (Å²) < 4.78 is 16.9. The molecule has 6 heteroatoms. The molecule has 0 aromatic carbocycles. The van der Waals surface area contributed by atoms with Gasteiger partial charge in [0.2, 0.25) is 5.91 Å². The zero-order valence-corrected chi connectivity index (χ0v) is 12.8. The lowest BCUT2D eigenvalue weighted by Crippen LogP contribution is -2.45. The van der Waals surface area contributed by atoms with Crippen molar-refractivity contribution >= 4 is 14.7 Å². The number of nitrogens with two attached hydrogens (primary N) is 1. The van der Waals surface area contributed by atoms with Crippen LogP contribution < -0.4 is 5.73 Å². The SMILES string of the molecule is CCCC(=C[Si](OCC)(OCC)OCC)C(N)=O. The number of hydrogen-bond donors (Lipinski definition) is 1. The number of primary amides is 1. The Labute approximate surface area is 111 Å². The van der Waals surface area contributed by atoms with Crippen molar-refractivity contribution in [1.29, 1.82) is 0 Å². The Morgan fingerprint density at radius 3 is 1.78 bits per heavy atom. The predicted molar refractivity (Wildman–Crippen MR) is 72.8 cm³/mol. The summed E-state index contributed by atoms with van der Waals surface area (Å²) in [4.78, 5) is 11.4. The second-order valence-electron chi connectivity index (χ2n) is 3.69. The third-order valence-electron chi connectivity index (χ3n) is 2.22. The summed E-state index contributed by atoms with van der Waals surface area (Å²) in [5, 5.41) is 0. The monoisotopic (exact) mass is 275 g/mol. The molecule has 0 fully saturated rings. The number of amides is 1. The Hall–Kier alpha value is -0.693. The fraction of sp³-hybridized carbons (Fsp3) is 0.750. The minimum Gasteiger partial charge on any atom is -0.371 e. The Kier molecular flexibility index (Phi) is 8.91. The molecule has 106 valence electrons. The van der Waals surface area contributed by atoms with Gasteiger partial charge in [0.05, 0.1) is 0 Å². The highest BCUT2D eigenvalue weighted by atomic mass is 28.4. The first kappa shape index (κ1) is 17.3. The summed E-state index contributed by atoms with van der Waals surface area (Å²) in [6, 6.07) is 0. The average molecular weight is 275 g/mol. The van der Waals surface area contributed by atoms with E-state index >= 15 is 0 Å². The molecule has 0 rings (SSSR count). The van der Waals surface area contributed by atoms with Crippen LogP contribution in [0.15, 0.2) is 11.3 Å². The molecular formula is C12H25NO4Si. The minimum atomic E-state index is -2.92. The van der Waals surface area contributed by atoms with E-state index in [1.54, 1.807) is 5.70 Å². The van der Waals surface area contributed by atoms with Crippen LogP contribution in [0.2, 0.25) is 0 Å². The first-order chi connectivity index (χ1) is 8.55. The molecule has 0 aliphatic carbocycles. The molecule has 0 aromatic rings. The van der Waals surface area contributed by atoms with E-state index in [4.69, 9.17) is 19.0 Å². The zero-order chi connectivity index (χ0) is 14.0. The maximum atomic E-state index is 11.4. The molecule has 0 unspecified atom stereocenters. The van der Waals surface area contributed by atoms with E-state index in [0.717, 1.165) is 6.42 Å². The van der Waals surface area contributed by atoms with E-state index in [0.29, 0.717) is 31.8 Å². The second-order valence-corrected chi connectivity index (χ2v) is 6.05. The number of hydrogen-bond acceptors (Lipinski definition) is 4. The van der Waals surface area contributed by atoms with Gasteiger partial charge in [0.25, 0.3) is 0 Å². The van der Waals surface area contributed by atoms with Crippen molar-refractivity contribution in [2.45, 2.75) is 40.5 Å². The molecule has 1 amide bonds. The third-order valence-corrected chi connectivity index (χ3v) is 5.00. The van der Waals surface area contributed by atoms with Gasteiger partial charge in [-0.05, 0) is 32.9 Å². The third kappa shape index (κ3) is 5.77. The highest BCUT2D eigenvalue weighted by Gasteiger charge is 2.39. The van der Waals surface area contributed by atoms with Crippen molar-refractivity contribution in [2.75, 3.05) is 19.8 Å². The van der Waals surface area contributed by atoms with Crippen LogP contribution in [0.5, 0.6) is 0 Å². The number of carbonyl (C=O) groups excluding carboxylic acids is 1. The van der Waals surface area contributed by atoms with Crippen LogP contribution in [0, 0.1) is 0 Å². The summed E-state index contributed by atoms with van der Waals surface area (Å²) in [5.74, 6) is -0.437. The lowest BCUT2D eigenvalue weighted by Gasteiger charge is -2.26. The maximum Gasteiger partial charge on any atom is 0.530 e. The Balaban J connectivity index is 5.22. The summed E-state index contributed by atoms with van der Waals surface area (Å²) >= 11 is 0. The van der Waals surface area contributed by atoms with E-state index in [2.05, 4.69) is 0 Å². The lowest BCUT2D eigenvalue weighted by molar-refractivity contribution is -0.114.